The first-order chi connectivity index (χ1) is 6.59. The van der Waals surface area contributed by atoms with E-state index in [0.29, 0.717) is 18.1 Å². The maximum absolute atomic E-state index is 9.16. The molecule has 0 fully saturated rings. The zero-order valence-corrected chi connectivity index (χ0v) is 8.44. The van der Waals surface area contributed by atoms with Crippen LogP contribution in [-0.2, 0) is 0 Å². The molecule has 5 nitrogen and oxygen atoms in total. The van der Waals surface area contributed by atoms with E-state index in [-0.39, 0.29) is 12.1 Å². The van der Waals surface area contributed by atoms with E-state index in [1.807, 2.05) is 6.92 Å². The molecule has 0 amide bonds. The number of hydrogen-bond donors (Lipinski definition) is 3. The van der Waals surface area contributed by atoms with E-state index in [1.54, 1.807) is 19.3 Å². The van der Waals surface area contributed by atoms with Gasteiger partial charge in [-0.3, -0.25) is 0 Å². The van der Waals surface area contributed by atoms with Gasteiger partial charge in [0.05, 0.1) is 6.10 Å². The molecule has 4 N–H and O–H groups in total. The molecule has 0 spiro atoms. The number of nitrogens with zero attached hydrogens (tertiary/aromatic N) is 2. The summed E-state index contributed by atoms with van der Waals surface area (Å²) in [6.45, 7) is 3.71. The molecule has 0 aromatic carbocycles. The lowest BCUT2D eigenvalue weighted by Gasteiger charge is -2.16. The van der Waals surface area contributed by atoms with Crippen LogP contribution in [0.2, 0.25) is 0 Å². The summed E-state index contributed by atoms with van der Waals surface area (Å²) in [6.07, 6.45) is 3.43. The summed E-state index contributed by atoms with van der Waals surface area (Å²) in [5, 5.41) is 12.2. The number of rotatable bonds is 4. The highest BCUT2D eigenvalue weighted by molar-refractivity contribution is 5.55. The molecule has 1 aromatic heterocycles. The van der Waals surface area contributed by atoms with E-state index in [4.69, 9.17) is 10.8 Å². The van der Waals surface area contributed by atoms with Crippen molar-refractivity contribution in [3.05, 3.63) is 12.4 Å². The SMILES string of the molecule is CC(O)CC(C)Nc1nccnc1N. The number of nitrogens with two attached hydrogens (primary N) is 1. The van der Waals surface area contributed by atoms with Gasteiger partial charge in [-0.1, -0.05) is 0 Å². The average Bonchev–Trinajstić information content (AvgIpc) is 2.07. The molecule has 0 aliphatic heterocycles. The van der Waals surface area contributed by atoms with Crippen LogP contribution < -0.4 is 11.1 Å². The van der Waals surface area contributed by atoms with E-state index in [9.17, 15) is 0 Å². The lowest BCUT2D eigenvalue weighted by atomic mass is 10.1. The molecule has 2 unspecified atom stereocenters. The molecule has 0 saturated heterocycles. The average molecular weight is 196 g/mol. The second-order valence-corrected chi connectivity index (χ2v) is 3.42. The fraction of sp³-hybridized carbons (Fsp3) is 0.556. The zero-order chi connectivity index (χ0) is 10.6. The van der Waals surface area contributed by atoms with Gasteiger partial charge in [-0.2, -0.15) is 0 Å². The molecule has 14 heavy (non-hydrogen) atoms. The van der Waals surface area contributed by atoms with Crippen molar-refractivity contribution in [1.29, 1.82) is 0 Å². The molecule has 2 atom stereocenters. The Kier molecular flexibility index (Phi) is 3.64. The maximum Gasteiger partial charge on any atom is 0.169 e. The van der Waals surface area contributed by atoms with E-state index in [0.717, 1.165) is 0 Å². The van der Waals surface area contributed by atoms with Crippen LogP contribution in [0.3, 0.4) is 0 Å². The molecule has 0 saturated carbocycles. The predicted octanol–water partition coefficient (Wildman–Crippen LogP) is 0.630. The summed E-state index contributed by atoms with van der Waals surface area (Å²) >= 11 is 0. The molecular weight excluding hydrogens is 180 g/mol. The number of nitrogens with one attached hydrogen (secondary N) is 1. The Morgan fingerprint density at radius 2 is 2.07 bits per heavy atom. The Balaban J connectivity index is 2.56. The van der Waals surface area contributed by atoms with Crippen LogP contribution >= 0.6 is 0 Å². The second-order valence-electron chi connectivity index (χ2n) is 3.42. The van der Waals surface area contributed by atoms with Crippen molar-refractivity contribution in [3.63, 3.8) is 0 Å². The van der Waals surface area contributed by atoms with Crippen LogP contribution in [0.25, 0.3) is 0 Å². The van der Waals surface area contributed by atoms with Gasteiger partial charge in [-0.05, 0) is 20.3 Å². The number of aliphatic hydroxyl groups is 1. The van der Waals surface area contributed by atoms with Crippen molar-refractivity contribution in [3.8, 4) is 0 Å². The molecule has 5 heteroatoms. The highest BCUT2D eigenvalue weighted by Crippen LogP contribution is 2.12. The van der Waals surface area contributed by atoms with Crippen molar-refractivity contribution in [2.45, 2.75) is 32.4 Å². The molecule has 0 bridgehead atoms. The molecule has 1 rings (SSSR count). The Hall–Kier alpha value is -1.36. The Labute approximate surface area is 83.4 Å². The van der Waals surface area contributed by atoms with Gasteiger partial charge in [-0.25, -0.2) is 9.97 Å². The lowest BCUT2D eigenvalue weighted by Crippen LogP contribution is -2.22. The molecule has 1 heterocycles. The second kappa shape index (κ2) is 4.76. The van der Waals surface area contributed by atoms with E-state index in [1.165, 1.54) is 0 Å². The third-order valence-corrected chi connectivity index (χ3v) is 1.80. The Morgan fingerprint density at radius 1 is 1.43 bits per heavy atom. The van der Waals surface area contributed by atoms with Crippen LogP contribution in [0, 0.1) is 0 Å². The summed E-state index contributed by atoms with van der Waals surface area (Å²) < 4.78 is 0. The monoisotopic (exact) mass is 196 g/mol. The fourth-order valence-electron chi connectivity index (χ4n) is 1.26. The standard InChI is InChI=1S/C9H16N4O/c1-6(5-7(2)14)13-9-8(10)11-3-4-12-9/h3-4,6-7,14H,5H2,1-2H3,(H2,10,11)(H,12,13). The topological polar surface area (TPSA) is 84.1 Å². The Morgan fingerprint density at radius 3 is 2.64 bits per heavy atom. The summed E-state index contributed by atoms with van der Waals surface area (Å²) in [5.74, 6) is 0.950. The van der Waals surface area contributed by atoms with Gasteiger partial charge in [-0.15, -0.1) is 0 Å². The van der Waals surface area contributed by atoms with Crippen LogP contribution in [0.4, 0.5) is 11.6 Å². The summed E-state index contributed by atoms with van der Waals surface area (Å²) in [7, 11) is 0. The fourth-order valence-corrected chi connectivity index (χ4v) is 1.26. The highest BCUT2D eigenvalue weighted by atomic mass is 16.3. The normalized spacial score (nSPS) is 14.8. The predicted molar refractivity (Wildman–Crippen MR) is 55.8 cm³/mol. The molecular formula is C9H16N4O. The van der Waals surface area contributed by atoms with Crippen molar-refractivity contribution in [1.82, 2.24) is 9.97 Å². The quantitative estimate of drug-likeness (QED) is 0.657. The van der Waals surface area contributed by atoms with Gasteiger partial charge in [0.2, 0.25) is 0 Å². The van der Waals surface area contributed by atoms with Crippen LogP contribution in [0.5, 0.6) is 0 Å². The van der Waals surface area contributed by atoms with Gasteiger partial charge in [0.25, 0.3) is 0 Å². The minimum Gasteiger partial charge on any atom is -0.393 e. The van der Waals surface area contributed by atoms with Gasteiger partial charge in [0.1, 0.15) is 0 Å². The number of aliphatic hydroxyl groups excluding tert-OH is 1. The molecule has 78 valence electrons. The number of aromatic nitrogens is 2. The van der Waals surface area contributed by atoms with E-state index < -0.39 is 0 Å². The summed E-state index contributed by atoms with van der Waals surface area (Å²) in [5.41, 5.74) is 5.60. The maximum atomic E-state index is 9.16. The van der Waals surface area contributed by atoms with Gasteiger partial charge < -0.3 is 16.2 Å². The zero-order valence-electron chi connectivity index (χ0n) is 8.44. The van der Waals surface area contributed by atoms with Gasteiger partial charge in [0.15, 0.2) is 11.6 Å². The lowest BCUT2D eigenvalue weighted by molar-refractivity contribution is 0.179. The number of nitrogen functional groups attached to an aromatic ring is 1. The van der Waals surface area contributed by atoms with Crippen molar-refractivity contribution in [2.75, 3.05) is 11.1 Å². The van der Waals surface area contributed by atoms with E-state index >= 15 is 0 Å². The van der Waals surface area contributed by atoms with Gasteiger partial charge in [0, 0.05) is 18.4 Å². The summed E-state index contributed by atoms with van der Waals surface area (Å²) in [6, 6.07) is 0.119. The van der Waals surface area contributed by atoms with Crippen molar-refractivity contribution in [2.24, 2.45) is 0 Å². The number of hydrogen-bond acceptors (Lipinski definition) is 5. The van der Waals surface area contributed by atoms with Crippen LogP contribution in [0.1, 0.15) is 20.3 Å². The third-order valence-electron chi connectivity index (χ3n) is 1.80. The first-order valence-corrected chi connectivity index (χ1v) is 4.60. The minimum absolute atomic E-state index is 0.119. The Bertz CT molecular complexity index is 290. The van der Waals surface area contributed by atoms with Gasteiger partial charge >= 0.3 is 0 Å². The summed E-state index contributed by atoms with van der Waals surface area (Å²) in [4.78, 5) is 7.95. The van der Waals surface area contributed by atoms with Crippen LogP contribution in [-0.4, -0.2) is 27.2 Å². The van der Waals surface area contributed by atoms with Crippen LogP contribution in [0.15, 0.2) is 12.4 Å². The largest absolute Gasteiger partial charge is 0.393 e. The highest BCUT2D eigenvalue weighted by Gasteiger charge is 2.08. The van der Waals surface area contributed by atoms with E-state index in [2.05, 4.69) is 15.3 Å². The van der Waals surface area contributed by atoms with Crippen molar-refractivity contribution < 1.29 is 5.11 Å². The third kappa shape index (κ3) is 3.18. The minimum atomic E-state index is -0.338. The first kappa shape index (κ1) is 10.7. The first-order valence-electron chi connectivity index (χ1n) is 4.60. The van der Waals surface area contributed by atoms with Crippen molar-refractivity contribution >= 4 is 11.6 Å². The smallest absolute Gasteiger partial charge is 0.169 e. The number of anilines is 2. The molecule has 0 aliphatic carbocycles. The molecule has 0 aliphatic rings. The molecule has 0 radical (unpaired) electrons. The molecule has 1 aromatic rings.